The number of unbranched alkanes of at least 4 members (excludes halogenated alkanes) is 1. The van der Waals surface area contributed by atoms with Crippen molar-refractivity contribution in [1.29, 1.82) is 0 Å². The van der Waals surface area contributed by atoms with E-state index < -0.39 is 0 Å². The van der Waals surface area contributed by atoms with Gasteiger partial charge in [-0.2, -0.15) is 0 Å². The molecule has 0 atom stereocenters. The molecule has 0 radical (unpaired) electrons. The van der Waals surface area contributed by atoms with Crippen molar-refractivity contribution in [3.63, 3.8) is 0 Å². The van der Waals surface area contributed by atoms with E-state index in [2.05, 4.69) is 5.10 Å². The first kappa shape index (κ1) is 11.7. The summed E-state index contributed by atoms with van der Waals surface area (Å²) in [5.41, 5.74) is 5.58. The molecule has 2 heterocycles. The van der Waals surface area contributed by atoms with Gasteiger partial charge in [-0.05, 0) is 12.5 Å². The van der Waals surface area contributed by atoms with Crippen molar-refractivity contribution in [1.82, 2.24) is 9.94 Å². The van der Waals surface area contributed by atoms with Crippen molar-refractivity contribution in [2.24, 2.45) is 0 Å². The maximum atomic E-state index is 11.6. The molecule has 2 aromatic rings. The number of nitrogens with zero attached hydrogens (tertiary/aromatic N) is 2. The minimum absolute atomic E-state index is 0.129. The Bertz CT molecular complexity index is 546. The van der Waals surface area contributed by atoms with Crippen LogP contribution in [0.2, 0.25) is 0 Å². The highest BCUT2D eigenvalue weighted by Crippen LogP contribution is 2.29. The number of nitrogen functional groups attached to an aromatic ring is 1. The van der Waals surface area contributed by atoms with Crippen LogP contribution >= 0.6 is 11.3 Å². The molecular formula is C10H13N3O3S. The van der Waals surface area contributed by atoms with Gasteiger partial charge in [0.05, 0.1) is 12.0 Å². The second kappa shape index (κ2) is 4.62. The van der Waals surface area contributed by atoms with Gasteiger partial charge in [0.2, 0.25) is 0 Å². The van der Waals surface area contributed by atoms with E-state index in [0.717, 1.165) is 24.2 Å². The summed E-state index contributed by atoms with van der Waals surface area (Å²) in [6.45, 7) is 2.44. The van der Waals surface area contributed by atoms with Crippen LogP contribution in [0.25, 0.3) is 10.2 Å². The Hall–Kier alpha value is -1.76. The molecule has 17 heavy (non-hydrogen) atoms. The molecule has 0 bridgehead atoms. The zero-order chi connectivity index (χ0) is 12.4. The van der Waals surface area contributed by atoms with Crippen LogP contribution in [0.5, 0.6) is 0 Å². The van der Waals surface area contributed by atoms with E-state index in [1.807, 2.05) is 6.92 Å². The van der Waals surface area contributed by atoms with Crippen LogP contribution in [0.4, 0.5) is 5.82 Å². The number of carbonyl (C=O) groups excluding carboxylic acids is 1. The van der Waals surface area contributed by atoms with E-state index in [0.29, 0.717) is 26.5 Å². The Kier molecular flexibility index (Phi) is 3.19. The van der Waals surface area contributed by atoms with Crippen molar-refractivity contribution in [2.75, 3.05) is 12.3 Å². The first-order chi connectivity index (χ1) is 8.13. The molecule has 2 aromatic heterocycles. The van der Waals surface area contributed by atoms with E-state index in [1.165, 1.54) is 0 Å². The van der Waals surface area contributed by atoms with Crippen LogP contribution in [0.1, 0.15) is 29.4 Å². The standard InChI is InChI=1S/C10H13N3O3S/c1-2-3-4-16-10(14)7-5-6-8(11)13(15)12-9(6)17-7/h5,15H,2-4,11H2,1H3. The Balaban J connectivity index is 2.16. The molecule has 0 saturated carbocycles. The molecular weight excluding hydrogens is 242 g/mol. The van der Waals surface area contributed by atoms with Crippen molar-refractivity contribution in [3.8, 4) is 0 Å². The van der Waals surface area contributed by atoms with Gasteiger partial charge in [0.1, 0.15) is 4.88 Å². The predicted octanol–water partition coefficient (Wildman–Crippen LogP) is 1.87. The Morgan fingerprint density at radius 1 is 1.71 bits per heavy atom. The van der Waals surface area contributed by atoms with Crippen molar-refractivity contribution in [3.05, 3.63) is 10.9 Å². The maximum Gasteiger partial charge on any atom is 0.348 e. The summed E-state index contributed by atoms with van der Waals surface area (Å²) >= 11 is 1.15. The average molecular weight is 255 g/mol. The third kappa shape index (κ3) is 2.19. The van der Waals surface area contributed by atoms with E-state index in [4.69, 9.17) is 10.5 Å². The molecule has 0 unspecified atom stereocenters. The number of thiophene rings is 1. The number of esters is 1. The molecule has 0 aromatic carbocycles. The number of carbonyl (C=O) groups is 1. The molecule has 7 heteroatoms. The number of nitrogens with two attached hydrogens (primary N) is 1. The zero-order valence-corrected chi connectivity index (χ0v) is 10.2. The molecule has 0 fully saturated rings. The van der Waals surface area contributed by atoms with Crippen LogP contribution < -0.4 is 5.73 Å². The van der Waals surface area contributed by atoms with Crippen LogP contribution in [0, 0.1) is 0 Å². The lowest BCUT2D eigenvalue weighted by atomic mass is 10.3. The fraction of sp³-hybridized carbons (Fsp3) is 0.400. The summed E-state index contributed by atoms with van der Waals surface area (Å²) in [5.74, 6) is -0.241. The van der Waals surface area contributed by atoms with Crippen LogP contribution in [0.15, 0.2) is 6.07 Å². The molecule has 0 aliphatic heterocycles. The van der Waals surface area contributed by atoms with Crippen molar-refractivity contribution < 1.29 is 14.7 Å². The topological polar surface area (TPSA) is 90.4 Å². The number of aromatic nitrogens is 2. The van der Waals surface area contributed by atoms with Gasteiger partial charge in [0.25, 0.3) is 0 Å². The molecule has 0 spiro atoms. The monoisotopic (exact) mass is 255 g/mol. The van der Waals surface area contributed by atoms with E-state index in [9.17, 15) is 10.0 Å². The van der Waals surface area contributed by atoms with Crippen LogP contribution in [0.3, 0.4) is 0 Å². The second-order valence-electron chi connectivity index (χ2n) is 3.59. The first-order valence-corrected chi connectivity index (χ1v) is 6.09. The molecule has 0 aliphatic carbocycles. The van der Waals surface area contributed by atoms with Gasteiger partial charge in [-0.15, -0.1) is 16.4 Å². The van der Waals surface area contributed by atoms with Crippen LogP contribution in [-0.4, -0.2) is 27.7 Å². The molecule has 6 nitrogen and oxygen atoms in total. The molecule has 2 rings (SSSR count). The normalized spacial score (nSPS) is 10.9. The molecule has 0 amide bonds. The fourth-order valence-electron chi connectivity index (χ4n) is 1.37. The lowest BCUT2D eigenvalue weighted by molar-refractivity contribution is 0.0505. The van der Waals surface area contributed by atoms with Gasteiger partial charge in [-0.3, -0.25) is 0 Å². The van der Waals surface area contributed by atoms with Crippen LogP contribution in [-0.2, 0) is 4.74 Å². The highest BCUT2D eigenvalue weighted by atomic mass is 32.1. The summed E-state index contributed by atoms with van der Waals surface area (Å²) < 4.78 is 5.07. The van der Waals surface area contributed by atoms with Gasteiger partial charge in [0, 0.05) is 0 Å². The maximum absolute atomic E-state index is 11.6. The fourth-order valence-corrected chi connectivity index (χ4v) is 2.29. The predicted molar refractivity (Wildman–Crippen MR) is 64.4 cm³/mol. The smallest absolute Gasteiger partial charge is 0.348 e. The van der Waals surface area contributed by atoms with Gasteiger partial charge in [-0.1, -0.05) is 18.2 Å². The number of anilines is 1. The Morgan fingerprint density at radius 3 is 3.12 bits per heavy atom. The minimum atomic E-state index is -0.370. The van der Waals surface area contributed by atoms with Crippen molar-refractivity contribution in [2.45, 2.75) is 19.8 Å². The van der Waals surface area contributed by atoms with Gasteiger partial charge >= 0.3 is 5.97 Å². The van der Waals surface area contributed by atoms with Gasteiger partial charge < -0.3 is 15.7 Å². The molecule has 3 N–H and O–H groups in total. The Labute approximate surface area is 102 Å². The van der Waals surface area contributed by atoms with Gasteiger partial charge in [0.15, 0.2) is 10.6 Å². The Morgan fingerprint density at radius 2 is 2.47 bits per heavy atom. The third-order valence-corrected chi connectivity index (χ3v) is 3.32. The second-order valence-corrected chi connectivity index (χ2v) is 4.62. The third-order valence-electron chi connectivity index (χ3n) is 2.32. The molecule has 92 valence electrons. The summed E-state index contributed by atoms with van der Waals surface area (Å²) in [6, 6.07) is 1.59. The lowest BCUT2D eigenvalue weighted by Gasteiger charge is -2.00. The quantitative estimate of drug-likeness (QED) is 0.494. The number of rotatable bonds is 4. The lowest BCUT2D eigenvalue weighted by Crippen LogP contribution is -2.04. The number of ether oxygens (including phenoxy) is 1. The minimum Gasteiger partial charge on any atom is -0.462 e. The highest BCUT2D eigenvalue weighted by Gasteiger charge is 2.16. The number of hydrogen-bond acceptors (Lipinski definition) is 6. The summed E-state index contributed by atoms with van der Waals surface area (Å²) in [7, 11) is 0. The number of hydrogen-bond donors (Lipinski definition) is 2. The van der Waals surface area contributed by atoms with Gasteiger partial charge in [-0.25, -0.2) is 4.79 Å². The summed E-state index contributed by atoms with van der Waals surface area (Å²) in [5, 5.41) is 13.5. The average Bonchev–Trinajstić information content (AvgIpc) is 2.81. The first-order valence-electron chi connectivity index (χ1n) is 5.28. The SMILES string of the molecule is CCCCOC(=O)c1cc2c(N)n(O)nc2s1. The highest BCUT2D eigenvalue weighted by molar-refractivity contribution is 7.20. The molecule has 0 saturated heterocycles. The van der Waals surface area contributed by atoms with E-state index >= 15 is 0 Å². The largest absolute Gasteiger partial charge is 0.462 e. The summed E-state index contributed by atoms with van der Waals surface area (Å²) in [4.78, 5) is 13.2. The zero-order valence-electron chi connectivity index (χ0n) is 9.34. The van der Waals surface area contributed by atoms with E-state index in [-0.39, 0.29) is 11.8 Å². The van der Waals surface area contributed by atoms with E-state index in [1.54, 1.807) is 6.07 Å². The molecule has 0 aliphatic rings. The van der Waals surface area contributed by atoms with Crippen molar-refractivity contribution >= 4 is 33.3 Å². The number of fused-ring (bicyclic) bond motifs is 1. The summed E-state index contributed by atoms with van der Waals surface area (Å²) in [6.07, 6.45) is 1.82.